The number of nitrogens with zero attached hydrogens (tertiary/aromatic N) is 1. The Balaban J connectivity index is 0. The van der Waals surface area contributed by atoms with Crippen molar-refractivity contribution >= 4 is 10.2 Å². The molecule has 0 saturated carbocycles. The van der Waals surface area contributed by atoms with E-state index in [1.54, 1.807) is 0 Å². The minimum Gasteiger partial charge on any atom is -0.216 e. The highest BCUT2D eigenvalue weighted by atomic mass is 32.2. The predicted octanol–water partition coefficient (Wildman–Crippen LogP) is 1.73. The number of nitrogens with two attached hydrogens (primary N) is 1. The molecule has 0 aliphatic heterocycles. The van der Waals surface area contributed by atoms with Gasteiger partial charge in [-0.2, -0.15) is 12.7 Å². The van der Waals surface area contributed by atoms with Gasteiger partial charge in [0.15, 0.2) is 0 Å². The van der Waals surface area contributed by atoms with Gasteiger partial charge in [0.05, 0.1) is 0 Å². The molecule has 0 bridgehead atoms. The first kappa shape index (κ1) is 16.3. The Morgan fingerprint density at radius 1 is 1.07 bits per heavy atom. The predicted molar refractivity (Wildman–Crippen MR) is 61.2 cm³/mol. The second-order valence-corrected chi connectivity index (χ2v) is 4.70. The highest BCUT2D eigenvalue weighted by Crippen LogP contribution is 2.01. The van der Waals surface area contributed by atoms with Gasteiger partial charge in [0.1, 0.15) is 0 Å². The SMILES string of the molecule is C.CCCCN(CCCC)S(N)(=O)=O. The van der Waals surface area contributed by atoms with E-state index in [4.69, 9.17) is 5.14 Å². The Morgan fingerprint density at radius 2 is 1.43 bits per heavy atom. The third kappa shape index (κ3) is 7.29. The van der Waals surface area contributed by atoms with Gasteiger partial charge in [0.25, 0.3) is 10.2 Å². The fourth-order valence-corrected chi connectivity index (χ4v) is 1.80. The topological polar surface area (TPSA) is 63.4 Å². The first-order chi connectivity index (χ1) is 6.02. The standard InChI is InChI=1S/C8H20N2O2S.CH4/c1-3-5-7-10(8-6-4-2)13(9,11)12;/h3-8H2,1-2H3,(H2,9,11,12);1H4. The van der Waals surface area contributed by atoms with Crippen LogP contribution in [0.5, 0.6) is 0 Å². The molecule has 0 aliphatic carbocycles. The molecule has 0 aromatic heterocycles. The summed E-state index contributed by atoms with van der Waals surface area (Å²) in [6, 6.07) is 0. The molecular weight excluding hydrogens is 200 g/mol. The molecule has 0 heterocycles. The summed E-state index contributed by atoms with van der Waals surface area (Å²) in [5.74, 6) is 0. The van der Waals surface area contributed by atoms with Gasteiger partial charge in [-0.15, -0.1) is 0 Å². The van der Waals surface area contributed by atoms with Gasteiger partial charge < -0.3 is 0 Å². The molecule has 0 aromatic rings. The summed E-state index contributed by atoms with van der Waals surface area (Å²) in [5.41, 5.74) is 0. The summed E-state index contributed by atoms with van der Waals surface area (Å²) in [5, 5.41) is 5.06. The van der Waals surface area contributed by atoms with Crippen LogP contribution in [0.3, 0.4) is 0 Å². The van der Waals surface area contributed by atoms with Crippen LogP contribution in [0.15, 0.2) is 0 Å². The first-order valence-corrected chi connectivity index (χ1v) is 6.30. The highest BCUT2D eigenvalue weighted by Gasteiger charge is 2.14. The van der Waals surface area contributed by atoms with E-state index in [1.165, 1.54) is 4.31 Å². The van der Waals surface area contributed by atoms with Crippen molar-refractivity contribution in [2.45, 2.75) is 47.0 Å². The monoisotopic (exact) mass is 224 g/mol. The van der Waals surface area contributed by atoms with E-state index in [1.807, 2.05) is 13.8 Å². The Bertz CT molecular complexity index is 207. The molecule has 0 aromatic carbocycles. The maximum atomic E-state index is 11.0. The van der Waals surface area contributed by atoms with Crippen molar-refractivity contribution in [3.63, 3.8) is 0 Å². The summed E-state index contributed by atoms with van der Waals surface area (Å²) < 4.78 is 23.5. The third-order valence-corrected chi connectivity index (χ3v) is 2.97. The van der Waals surface area contributed by atoms with Gasteiger partial charge in [-0.3, -0.25) is 0 Å². The van der Waals surface area contributed by atoms with E-state index in [0.717, 1.165) is 25.7 Å². The van der Waals surface area contributed by atoms with Gasteiger partial charge in [-0.1, -0.05) is 34.1 Å². The molecule has 0 saturated heterocycles. The fourth-order valence-electron chi connectivity index (χ4n) is 1.04. The molecule has 2 N–H and O–H groups in total. The van der Waals surface area contributed by atoms with Crippen molar-refractivity contribution in [2.75, 3.05) is 13.1 Å². The second kappa shape index (κ2) is 8.20. The average Bonchev–Trinajstić information content (AvgIpc) is 2.02. The summed E-state index contributed by atoms with van der Waals surface area (Å²) >= 11 is 0. The van der Waals surface area contributed by atoms with Crippen molar-refractivity contribution in [3.8, 4) is 0 Å². The van der Waals surface area contributed by atoms with Crippen LogP contribution in [0.25, 0.3) is 0 Å². The van der Waals surface area contributed by atoms with Crippen molar-refractivity contribution in [2.24, 2.45) is 5.14 Å². The van der Waals surface area contributed by atoms with Crippen molar-refractivity contribution in [1.82, 2.24) is 4.31 Å². The Labute approximate surface area is 88.7 Å². The molecule has 0 spiro atoms. The lowest BCUT2D eigenvalue weighted by Gasteiger charge is -2.18. The number of unbranched alkanes of at least 4 members (excludes halogenated alkanes) is 2. The van der Waals surface area contributed by atoms with Gasteiger partial charge in [-0.05, 0) is 12.8 Å². The van der Waals surface area contributed by atoms with Crippen LogP contribution < -0.4 is 5.14 Å². The van der Waals surface area contributed by atoms with Crippen LogP contribution in [-0.2, 0) is 10.2 Å². The van der Waals surface area contributed by atoms with Crippen LogP contribution in [0.2, 0.25) is 0 Å². The summed E-state index contributed by atoms with van der Waals surface area (Å²) in [6.45, 7) is 5.16. The number of hydrogen-bond acceptors (Lipinski definition) is 2. The normalized spacial score (nSPS) is 11.4. The Morgan fingerprint density at radius 3 is 1.64 bits per heavy atom. The Kier molecular flexibility index (Phi) is 9.55. The molecule has 14 heavy (non-hydrogen) atoms. The van der Waals surface area contributed by atoms with Crippen LogP contribution in [0.4, 0.5) is 0 Å². The number of rotatable bonds is 7. The smallest absolute Gasteiger partial charge is 0.216 e. The molecule has 88 valence electrons. The molecule has 0 aliphatic rings. The fraction of sp³-hybridized carbons (Fsp3) is 1.00. The third-order valence-electron chi connectivity index (χ3n) is 1.88. The lowest BCUT2D eigenvalue weighted by atomic mass is 10.3. The van der Waals surface area contributed by atoms with Crippen molar-refractivity contribution < 1.29 is 8.42 Å². The molecule has 0 unspecified atom stereocenters. The van der Waals surface area contributed by atoms with E-state index in [2.05, 4.69) is 0 Å². The van der Waals surface area contributed by atoms with Crippen LogP contribution in [0.1, 0.15) is 47.0 Å². The summed E-state index contributed by atoms with van der Waals surface area (Å²) in [4.78, 5) is 0. The van der Waals surface area contributed by atoms with Crippen LogP contribution in [0, 0.1) is 0 Å². The first-order valence-electron chi connectivity index (χ1n) is 4.80. The molecule has 0 radical (unpaired) electrons. The largest absolute Gasteiger partial charge is 0.276 e. The van der Waals surface area contributed by atoms with E-state index in [-0.39, 0.29) is 7.43 Å². The summed E-state index contributed by atoms with van der Waals surface area (Å²) in [6.07, 6.45) is 3.72. The van der Waals surface area contributed by atoms with Crippen molar-refractivity contribution in [1.29, 1.82) is 0 Å². The zero-order valence-corrected chi connectivity index (χ0v) is 9.31. The van der Waals surface area contributed by atoms with E-state index in [0.29, 0.717) is 13.1 Å². The Hall–Kier alpha value is -0.130. The average molecular weight is 224 g/mol. The molecule has 0 amide bonds. The van der Waals surface area contributed by atoms with Crippen molar-refractivity contribution in [3.05, 3.63) is 0 Å². The minimum absolute atomic E-state index is 0. The highest BCUT2D eigenvalue weighted by molar-refractivity contribution is 7.86. The lowest BCUT2D eigenvalue weighted by Crippen LogP contribution is -2.38. The van der Waals surface area contributed by atoms with E-state index in [9.17, 15) is 8.42 Å². The molecule has 0 rings (SSSR count). The maximum Gasteiger partial charge on any atom is 0.276 e. The molecule has 0 atom stereocenters. The molecular formula is C9H24N2O2S. The maximum absolute atomic E-state index is 11.0. The summed E-state index contributed by atoms with van der Waals surface area (Å²) in [7, 11) is -3.48. The van der Waals surface area contributed by atoms with Gasteiger partial charge in [0.2, 0.25) is 0 Å². The van der Waals surface area contributed by atoms with Gasteiger partial charge in [-0.25, -0.2) is 5.14 Å². The minimum atomic E-state index is -3.48. The molecule has 4 nitrogen and oxygen atoms in total. The van der Waals surface area contributed by atoms with E-state index >= 15 is 0 Å². The van der Waals surface area contributed by atoms with Crippen LogP contribution in [-0.4, -0.2) is 25.8 Å². The number of hydrogen-bond donors (Lipinski definition) is 1. The lowest BCUT2D eigenvalue weighted by molar-refractivity contribution is 0.396. The molecule has 5 heteroatoms. The van der Waals surface area contributed by atoms with E-state index < -0.39 is 10.2 Å². The second-order valence-electron chi connectivity index (χ2n) is 3.15. The quantitative estimate of drug-likeness (QED) is 0.715. The van der Waals surface area contributed by atoms with Gasteiger partial charge in [0, 0.05) is 13.1 Å². The van der Waals surface area contributed by atoms with Crippen LogP contribution >= 0.6 is 0 Å². The van der Waals surface area contributed by atoms with Gasteiger partial charge >= 0.3 is 0 Å². The zero-order chi connectivity index (χ0) is 10.3. The zero-order valence-electron chi connectivity index (χ0n) is 8.49. The molecule has 0 fully saturated rings.